The minimum absolute atomic E-state index is 0.371. The van der Waals surface area contributed by atoms with E-state index in [-0.39, 0.29) is 0 Å². The van der Waals surface area contributed by atoms with E-state index in [0.717, 1.165) is 19.5 Å². The molecule has 0 aliphatic rings. The van der Waals surface area contributed by atoms with Crippen molar-refractivity contribution in [2.24, 2.45) is 10.7 Å². The number of aliphatic imine (C=N–C) groups is 1. The molecular weight excluding hydrogens is 174 g/mol. The highest BCUT2D eigenvalue weighted by molar-refractivity contribution is 5.77. The largest absolute Gasteiger partial charge is 0.388 e. The van der Waals surface area contributed by atoms with Gasteiger partial charge in [0.15, 0.2) is 0 Å². The predicted molar refractivity (Wildman–Crippen MR) is 63.8 cm³/mol. The lowest BCUT2D eigenvalue weighted by Crippen LogP contribution is -2.24. The first-order chi connectivity index (χ1) is 6.60. The van der Waals surface area contributed by atoms with Crippen molar-refractivity contribution in [1.82, 2.24) is 4.90 Å². The summed E-state index contributed by atoms with van der Waals surface area (Å²) in [5.74, 6) is 0.695. The topological polar surface area (TPSA) is 41.6 Å². The summed E-state index contributed by atoms with van der Waals surface area (Å²) in [7, 11) is 0. The molecular formula is C11H25N3. The molecule has 0 aromatic carbocycles. The summed E-state index contributed by atoms with van der Waals surface area (Å²) in [6.45, 7) is 11.8. The molecule has 0 rings (SSSR count). The van der Waals surface area contributed by atoms with Crippen LogP contribution in [0.15, 0.2) is 4.99 Å². The Morgan fingerprint density at radius 3 is 2.36 bits per heavy atom. The number of hydrogen-bond acceptors (Lipinski definition) is 2. The van der Waals surface area contributed by atoms with Gasteiger partial charge in [0.1, 0.15) is 0 Å². The van der Waals surface area contributed by atoms with Crippen LogP contribution in [0.1, 0.15) is 40.5 Å². The molecule has 1 unspecified atom stereocenters. The van der Waals surface area contributed by atoms with E-state index in [1.807, 2.05) is 6.92 Å². The molecule has 0 fully saturated rings. The Morgan fingerprint density at radius 2 is 1.93 bits per heavy atom. The molecule has 0 radical (unpaired) electrons. The van der Waals surface area contributed by atoms with E-state index in [1.54, 1.807) is 0 Å². The third-order valence-corrected chi connectivity index (χ3v) is 2.41. The van der Waals surface area contributed by atoms with Gasteiger partial charge in [-0.3, -0.25) is 4.99 Å². The monoisotopic (exact) mass is 199 g/mol. The molecule has 14 heavy (non-hydrogen) atoms. The summed E-state index contributed by atoms with van der Waals surface area (Å²) >= 11 is 0. The van der Waals surface area contributed by atoms with Gasteiger partial charge in [-0.1, -0.05) is 13.8 Å². The lowest BCUT2D eigenvalue weighted by atomic mass is 10.2. The van der Waals surface area contributed by atoms with Crippen LogP contribution in [0.4, 0.5) is 0 Å². The van der Waals surface area contributed by atoms with Crippen molar-refractivity contribution < 1.29 is 0 Å². The SMILES string of the molecule is CCN(CC)CCCC(C)N=C(C)N. The average Bonchev–Trinajstić information content (AvgIpc) is 2.11. The van der Waals surface area contributed by atoms with Crippen LogP contribution in [0.3, 0.4) is 0 Å². The van der Waals surface area contributed by atoms with Gasteiger partial charge in [0.25, 0.3) is 0 Å². The molecule has 0 spiro atoms. The van der Waals surface area contributed by atoms with Gasteiger partial charge in [-0.25, -0.2) is 0 Å². The average molecular weight is 199 g/mol. The third kappa shape index (κ3) is 6.89. The highest BCUT2D eigenvalue weighted by atomic mass is 15.1. The predicted octanol–water partition coefficient (Wildman–Crippen LogP) is 1.87. The lowest BCUT2D eigenvalue weighted by molar-refractivity contribution is 0.294. The summed E-state index contributed by atoms with van der Waals surface area (Å²) in [6, 6.07) is 0.371. The summed E-state index contributed by atoms with van der Waals surface area (Å²) in [5.41, 5.74) is 5.52. The van der Waals surface area contributed by atoms with Crippen molar-refractivity contribution in [2.75, 3.05) is 19.6 Å². The minimum Gasteiger partial charge on any atom is -0.388 e. The molecule has 1 atom stereocenters. The zero-order valence-electron chi connectivity index (χ0n) is 10.1. The highest BCUT2D eigenvalue weighted by Crippen LogP contribution is 2.02. The van der Waals surface area contributed by atoms with E-state index in [1.165, 1.54) is 13.0 Å². The third-order valence-electron chi connectivity index (χ3n) is 2.41. The van der Waals surface area contributed by atoms with Crippen LogP contribution in [0.2, 0.25) is 0 Å². The summed E-state index contributed by atoms with van der Waals surface area (Å²) < 4.78 is 0. The Labute approximate surface area is 88.4 Å². The Morgan fingerprint density at radius 1 is 1.36 bits per heavy atom. The Balaban J connectivity index is 3.57. The number of nitrogens with two attached hydrogens (primary N) is 1. The summed E-state index contributed by atoms with van der Waals surface area (Å²) in [4.78, 5) is 6.74. The number of rotatable bonds is 7. The van der Waals surface area contributed by atoms with Crippen molar-refractivity contribution in [1.29, 1.82) is 0 Å². The summed E-state index contributed by atoms with van der Waals surface area (Å²) in [5, 5.41) is 0. The van der Waals surface area contributed by atoms with Crippen LogP contribution >= 0.6 is 0 Å². The molecule has 0 saturated carbocycles. The van der Waals surface area contributed by atoms with Gasteiger partial charge in [0.05, 0.1) is 5.84 Å². The smallest absolute Gasteiger partial charge is 0.0908 e. The molecule has 0 saturated heterocycles. The van der Waals surface area contributed by atoms with Gasteiger partial charge < -0.3 is 10.6 Å². The maximum absolute atomic E-state index is 5.52. The fraction of sp³-hybridized carbons (Fsp3) is 0.909. The maximum Gasteiger partial charge on any atom is 0.0908 e. The van der Waals surface area contributed by atoms with Crippen LogP contribution in [-0.2, 0) is 0 Å². The van der Waals surface area contributed by atoms with E-state index >= 15 is 0 Å². The normalized spacial score (nSPS) is 14.8. The van der Waals surface area contributed by atoms with Crippen LogP contribution in [0.25, 0.3) is 0 Å². The first kappa shape index (κ1) is 13.4. The number of nitrogens with zero attached hydrogens (tertiary/aromatic N) is 2. The minimum atomic E-state index is 0.371. The molecule has 0 aliphatic heterocycles. The van der Waals surface area contributed by atoms with Gasteiger partial charge in [0, 0.05) is 6.04 Å². The van der Waals surface area contributed by atoms with Crippen molar-refractivity contribution in [3.05, 3.63) is 0 Å². The van der Waals surface area contributed by atoms with Crippen LogP contribution in [0.5, 0.6) is 0 Å². The van der Waals surface area contributed by atoms with Crippen molar-refractivity contribution in [3.8, 4) is 0 Å². The van der Waals surface area contributed by atoms with E-state index in [2.05, 4.69) is 30.7 Å². The molecule has 0 aromatic rings. The molecule has 0 amide bonds. The van der Waals surface area contributed by atoms with Crippen LogP contribution in [0, 0.1) is 0 Å². The molecule has 3 nitrogen and oxygen atoms in total. The number of amidine groups is 1. The number of hydrogen-bond donors (Lipinski definition) is 1. The molecule has 0 aliphatic carbocycles. The molecule has 0 bridgehead atoms. The molecule has 0 heterocycles. The van der Waals surface area contributed by atoms with E-state index < -0.39 is 0 Å². The second-order valence-corrected chi connectivity index (χ2v) is 3.79. The molecule has 84 valence electrons. The quantitative estimate of drug-likeness (QED) is 0.502. The second-order valence-electron chi connectivity index (χ2n) is 3.79. The lowest BCUT2D eigenvalue weighted by Gasteiger charge is -2.18. The van der Waals surface area contributed by atoms with E-state index in [9.17, 15) is 0 Å². The van der Waals surface area contributed by atoms with Crippen LogP contribution in [-0.4, -0.2) is 36.4 Å². The summed E-state index contributed by atoms with van der Waals surface area (Å²) in [6.07, 6.45) is 2.34. The fourth-order valence-corrected chi connectivity index (χ4v) is 1.56. The Hall–Kier alpha value is -0.570. The zero-order chi connectivity index (χ0) is 11.0. The van der Waals surface area contributed by atoms with Crippen LogP contribution < -0.4 is 5.73 Å². The Bertz CT molecular complexity index is 158. The standard InChI is InChI=1S/C11H25N3/c1-5-14(6-2)9-7-8-10(3)13-11(4)12/h10H,5-9H2,1-4H3,(H2,12,13). The molecule has 3 heteroatoms. The second kappa shape index (κ2) is 7.80. The van der Waals surface area contributed by atoms with Gasteiger partial charge in [-0.05, 0) is 46.3 Å². The van der Waals surface area contributed by atoms with Gasteiger partial charge >= 0.3 is 0 Å². The van der Waals surface area contributed by atoms with E-state index in [4.69, 9.17) is 5.73 Å². The molecule has 2 N–H and O–H groups in total. The van der Waals surface area contributed by atoms with Gasteiger partial charge in [0.2, 0.25) is 0 Å². The first-order valence-electron chi connectivity index (χ1n) is 5.62. The van der Waals surface area contributed by atoms with E-state index in [0.29, 0.717) is 11.9 Å². The van der Waals surface area contributed by atoms with Gasteiger partial charge in [-0.2, -0.15) is 0 Å². The highest BCUT2D eigenvalue weighted by Gasteiger charge is 2.02. The maximum atomic E-state index is 5.52. The zero-order valence-corrected chi connectivity index (χ0v) is 10.1. The molecule has 0 aromatic heterocycles. The fourth-order valence-electron chi connectivity index (χ4n) is 1.56. The Kier molecular flexibility index (Phi) is 7.48. The van der Waals surface area contributed by atoms with Gasteiger partial charge in [-0.15, -0.1) is 0 Å². The van der Waals surface area contributed by atoms with Crippen molar-refractivity contribution in [2.45, 2.75) is 46.6 Å². The van der Waals surface area contributed by atoms with Crippen molar-refractivity contribution >= 4 is 5.84 Å². The van der Waals surface area contributed by atoms with Crippen molar-refractivity contribution in [3.63, 3.8) is 0 Å². The first-order valence-corrected chi connectivity index (χ1v) is 5.62.